The number of hydrogen-bond acceptors (Lipinski definition) is 5. The van der Waals surface area contributed by atoms with E-state index in [1.165, 1.54) is 28.6 Å². The highest BCUT2D eigenvalue weighted by atomic mass is 32.2. The van der Waals surface area contributed by atoms with Gasteiger partial charge in [0.05, 0.1) is 10.5 Å². The third-order valence-corrected chi connectivity index (χ3v) is 6.79. The zero-order valence-electron chi connectivity index (χ0n) is 17.7. The lowest BCUT2D eigenvalue weighted by Crippen LogP contribution is -2.42. The van der Waals surface area contributed by atoms with Crippen molar-refractivity contribution in [2.75, 3.05) is 26.2 Å². The monoisotopic (exact) mass is 424 g/mol. The Bertz CT molecular complexity index is 795. The Kier molecular flexibility index (Phi) is 8.22. The molecule has 0 radical (unpaired) electrons. The Labute approximate surface area is 173 Å². The van der Waals surface area contributed by atoms with Crippen LogP contribution in [0.5, 0.6) is 0 Å². The molecular formula is C21H32N2O5S. The van der Waals surface area contributed by atoms with Crippen LogP contribution in [-0.2, 0) is 19.6 Å². The van der Waals surface area contributed by atoms with Crippen molar-refractivity contribution in [2.45, 2.75) is 45.4 Å². The van der Waals surface area contributed by atoms with E-state index >= 15 is 0 Å². The van der Waals surface area contributed by atoms with E-state index in [0.29, 0.717) is 37.4 Å². The van der Waals surface area contributed by atoms with Crippen LogP contribution in [0.3, 0.4) is 0 Å². The molecule has 7 nitrogen and oxygen atoms in total. The van der Waals surface area contributed by atoms with Crippen molar-refractivity contribution < 1.29 is 22.7 Å². The Balaban J connectivity index is 1.93. The van der Waals surface area contributed by atoms with Crippen LogP contribution in [0.15, 0.2) is 29.2 Å². The number of amides is 1. The summed E-state index contributed by atoms with van der Waals surface area (Å²) in [7, 11) is -3.60. The summed E-state index contributed by atoms with van der Waals surface area (Å²) in [5.41, 5.74) is 0.208. The van der Waals surface area contributed by atoms with E-state index in [0.717, 1.165) is 12.8 Å². The molecule has 1 aliphatic heterocycles. The molecule has 1 aromatic carbocycles. The SMILES string of the molecule is CC(C)CCNC(=O)COC(=O)c1ccc(S(=O)(=O)N2C[C@H](C)C[C@H](C)C2)cc1. The fourth-order valence-electron chi connectivity index (χ4n) is 3.48. The molecule has 1 N–H and O–H groups in total. The molecule has 0 spiro atoms. The number of nitrogens with zero attached hydrogens (tertiary/aromatic N) is 1. The molecule has 0 saturated carbocycles. The number of sulfonamides is 1. The number of carbonyl (C=O) groups is 2. The van der Waals surface area contributed by atoms with Crippen molar-refractivity contribution >= 4 is 21.9 Å². The van der Waals surface area contributed by atoms with Gasteiger partial charge in [-0.2, -0.15) is 4.31 Å². The highest BCUT2D eigenvalue weighted by Gasteiger charge is 2.31. The van der Waals surface area contributed by atoms with E-state index in [1.807, 2.05) is 0 Å². The second kappa shape index (κ2) is 10.2. The van der Waals surface area contributed by atoms with Crippen molar-refractivity contribution in [3.05, 3.63) is 29.8 Å². The van der Waals surface area contributed by atoms with E-state index in [1.54, 1.807) is 0 Å². The summed E-state index contributed by atoms with van der Waals surface area (Å²) in [4.78, 5) is 24.0. The number of nitrogens with one attached hydrogen (secondary N) is 1. The molecule has 1 amide bonds. The summed E-state index contributed by atoms with van der Waals surface area (Å²) in [5, 5.41) is 2.69. The first-order valence-electron chi connectivity index (χ1n) is 10.1. The Morgan fingerprint density at radius 2 is 1.72 bits per heavy atom. The first kappa shape index (κ1) is 23.3. The predicted octanol–water partition coefficient (Wildman–Crippen LogP) is 2.67. The molecule has 0 bridgehead atoms. The van der Waals surface area contributed by atoms with Crippen LogP contribution in [0.25, 0.3) is 0 Å². The molecule has 0 unspecified atom stereocenters. The number of benzene rings is 1. The lowest BCUT2D eigenvalue weighted by Gasteiger charge is -2.34. The van der Waals surface area contributed by atoms with Crippen LogP contribution in [0, 0.1) is 17.8 Å². The van der Waals surface area contributed by atoms with Gasteiger partial charge in [-0.15, -0.1) is 0 Å². The first-order valence-corrected chi connectivity index (χ1v) is 11.6. The second-order valence-corrected chi connectivity index (χ2v) is 10.3. The quantitative estimate of drug-likeness (QED) is 0.648. The topological polar surface area (TPSA) is 92.8 Å². The number of hydrogen-bond donors (Lipinski definition) is 1. The van der Waals surface area contributed by atoms with E-state index in [9.17, 15) is 18.0 Å². The normalized spacial score (nSPS) is 20.4. The zero-order valence-corrected chi connectivity index (χ0v) is 18.5. The van der Waals surface area contributed by atoms with Crippen molar-refractivity contribution in [3.8, 4) is 0 Å². The Morgan fingerprint density at radius 3 is 2.28 bits per heavy atom. The largest absolute Gasteiger partial charge is 0.452 e. The van der Waals surface area contributed by atoms with Gasteiger partial charge < -0.3 is 10.1 Å². The maximum absolute atomic E-state index is 12.9. The van der Waals surface area contributed by atoms with E-state index in [-0.39, 0.29) is 23.0 Å². The first-order chi connectivity index (χ1) is 13.6. The third-order valence-electron chi connectivity index (χ3n) is 4.94. The van der Waals surface area contributed by atoms with Gasteiger partial charge in [0.2, 0.25) is 10.0 Å². The lowest BCUT2D eigenvalue weighted by molar-refractivity contribution is -0.124. The molecule has 29 heavy (non-hydrogen) atoms. The minimum Gasteiger partial charge on any atom is -0.452 e. The van der Waals surface area contributed by atoms with Gasteiger partial charge >= 0.3 is 5.97 Å². The van der Waals surface area contributed by atoms with Crippen LogP contribution in [0.1, 0.15) is 50.9 Å². The minimum absolute atomic E-state index is 0.154. The fraction of sp³-hybridized carbons (Fsp3) is 0.619. The summed E-state index contributed by atoms with van der Waals surface area (Å²) in [6.07, 6.45) is 1.87. The molecule has 1 saturated heterocycles. The highest BCUT2D eigenvalue weighted by Crippen LogP contribution is 2.26. The lowest BCUT2D eigenvalue weighted by atomic mass is 9.94. The van der Waals surface area contributed by atoms with Gasteiger partial charge in [-0.3, -0.25) is 4.79 Å². The van der Waals surface area contributed by atoms with Crippen molar-refractivity contribution in [3.63, 3.8) is 0 Å². The zero-order chi connectivity index (χ0) is 21.6. The van der Waals surface area contributed by atoms with Crippen molar-refractivity contribution in [1.82, 2.24) is 9.62 Å². The molecule has 1 fully saturated rings. The van der Waals surface area contributed by atoms with Crippen molar-refractivity contribution in [2.24, 2.45) is 17.8 Å². The number of rotatable bonds is 8. The second-order valence-electron chi connectivity index (χ2n) is 8.40. The predicted molar refractivity (Wildman–Crippen MR) is 111 cm³/mol. The van der Waals surface area contributed by atoms with Crippen molar-refractivity contribution in [1.29, 1.82) is 0 Å². The third kappa shape index (κ3) is 6.82. The van der Waals surface area contributed by atoms with Gasteiger partial charge in [0.1, 0.15) is 0 Å². The summed E-state index contributed by atoms with van der Waals surface area (Å²) in [5.74, 6) is 0.0904. The van der Waals surface area contributed by atoms with Gasteiger partial charge in [-0.25, -0.2) is 13.2 Å². The molecule has 2 atom stereocenters. The van der Waals surface area contributed by atoms with Gasteiger partial charge in [0, 0.05) is 19.6 Å². The number of ether oxygens (including phenoxy) is 1. The number of piperidine rings is 1. The Morgan fingerprint density at radius 1 is 1.14 bits per heavy atom. The molecule has 2 rings (SSSR count). The molecule has 1 aliphatic rings. The van der Waals surface area contributed by atoms with E-state index in [2.05, 4.69) is 33.0 Å². The number of esters is 1. The summed E-state index contributed by atoms with van der Waals surface area (Å²) in [6.45, 7) is 9.40. The minimum atomic E-state index is -3.60. The van der Waals surface area contributed by atoms with Gasteiger partial charge in [0.15, 0.2) is 6.61 Å². The van der Waals surface area contributed by atoms with Crippen LogP contribution in [0.2, 0.25) is 0 Å². The van der Waals surface area contributed by atoms with E-state index in [4.69, 9.17) is 4.74 Å². The van der Waals surface area contributed by atoms with Crippen LogP contribution >= 0.6 is 0 Å². The van der Waals surface area contributed by atoms with Gasteiger partial charge in [-0.05, 0) is 54.9 Å². The molecule has 1 heterocycles. The molecule has 8 heteroatoms. The summed E-state index contributed by atoms with van der Waals surface area (Å²) in [6, 6.07) is 5.67. The molecule has 1 aromatic rings. The standard InChI is InChI=1S/C21H32N2O5S/c1-15(2)9-10-22-20(24)14-28-21(25)18-5-7-19(8-6-18)29(26,27)23-12-16(3)11-17(4)13-23/h5-8,15-17H,9-14H2,1-4H3,(H,22,24)/t16-,17+. The maximum atomic E-state index is 12.9. The maximum Gasteiger partial charge on any atom is 0.338 e. The summed E-state index contributed by atoms with van der Waals surface area (Å²) < 4.78 is 32.3. The average molecular weight is 425 g/mol. The highest BCUT2D eigenvalue weighted by molar-refractivity contribution is 7.89. The van der Waals surface area contributed by atoms with E-state index < -0.39 is 16.0 Å². The van der Waals surface area contributed by atoms with Crippen LogP contribution < -0.4 is 5.32 Å². The molecular weight excluding hydrogens is 392 g/mol. The molecule has 0 aliphatic carbocycles. The molecule has 0 aromatic heterocycles. The molecule has 162 valence electrons. The average Bonchev–Trinajstić information content (AvgIpc) is 2.65. The van der Waals surface area contributed by atoms with Gasteiger partial charge in [-0.1, -0.05) is 27.7 Å². The fourth-order valence-corrected chi connectivity index (χ4v) is 5.16. The smallest absolute Gasteiger partial charge is 0.338 e. The number of carbonyl (C=O) groups excluding carboxylic acids is 2. The van der Waals surface area contributed by atoms with Crippen LogP contribution in [-0.4, -0.2) is 50.8 Å². The Hall–Kier alpha value is -1.93. The summed E-state index contributed by atoms with van der Waals surface area (Å²) >= 11 is 0. The van der Waals surface area contributed by atoms with Gasteiger partial charge in [0.25, 0.3) is 5.91 Å². The van der Waals surface area contributed by atoms with Crippen LogP contribution in [0.4, 0.5) is 0 Å².